The smallest absolute Gasteiger partial charge is 0.407 e. The summed E-state index contributed by atoms with van der Waals surface area (Å²) in [5.74, 6) is -0.112. The summed E-state index contributed by atoms with van der Waals surface area (Å²) < 4.78 is 5.12. The van der Waals surface area contributed by atoms with Crippen molar-refractivity contribution < 1.29 is 14.3 Å². The number of nitrogens with zero attached hydrogens (tertiary/aromatic N) is 1. The van der Waals surface area contributed by atoms with Crippen molar-refractivity contribution in [1.29, 1.82) is 0 Å². The average molecular weight is 364 g/mol. The lowest BCUT2D eigenvalue weighted by molar-refractivity contribution is -0.122. The number of amides is 2. The Bertz CT molecular complexity index is 523. The number of hydrogen-bond donors (Lipinski definition) is 3. The van der Waals surface area contributed by atoms with E-state index in [1.807, 2.05) is 44.4 Å². The molecule has 0 bridgehead atoms. The van der Waals surface area contributed by atoms with Crippen LogP contribution in [0.3, 0.4) is 0 Å². The third kappa shape index (κ3) is 10.7. The van der Waals surface area contributed by atoms with Crippen LogP contribution < -0.4 is 16.4 Å². The fraction of sp³-hybridized carbons (Fsp3) is 0.579. The van der Waals surface area contributed by atoms with Gasteiger partial charge in [-0.2, -0.15) is 0 Å². The van der Waals surface area contributed by atoms with E-state index in [0.717, 1.165) is 31.4 Å². The Morgan fingerprint density at radius 3 is 2.46 bits per heavy atom. The van der Waals surface area contributed by atoms with E-state index in [1.165, 1.54) is 0 Å². The minimum Gasteiger partial charge on any atom is -0.445 e. The molecule has 0 spiro atoms. The molecule has 0 aromatic heterocycles. The highest BCUT2D eigenvalue weighted by molar-refractivity contribution is 5.81. The van der Waals surface area contributed by atoms with Crippen LogP contribution in [0.25, 0.3) is 0 Å². The number of hydrogen-bond acceptors (Lipinski definition) is 5. The van der Waals surface area contributed by atoms with Crippen LogP contribution in [-0.2, 0) is 16.1 Å². The van der Waals surface area contributed by atoms with Gasteiger partial charge in [0.15, 0.2) is 0 Å². The lowest BCUT2D eigenvalue weighted by Crippen LogP contribution is -2.41. The SMILES string of the molecule is CN(C)CCCNC(=O)C(N)CCCCNC(=O)OCc1ccccc1. The number of unbranched alkanes of at least 4 members (excludes halogenated alkanes) is 1. The monoisotopic (exact) mass is 364 g/mol. The van der Waals surface area contributed by atoms with E-state index in [0.29, 0.717) is 19.5 Å². The van der Waals surface area contributed by atoms with Crippen LogP contribution in [0.4, 0.5) is 4.79 Å². The molecular formula is C19H32N4O3. The maximum absolute atomic E-state index is 11.8. The summed E-state index contributed by atoms with van der Waals surface area (Å²) in [4.78, 5) is 25.5. The van der Waals surface area contributed by atoms with Gasteiger partial charge in [-0.15, -0.1) is 0 Å². The second kappa shape index (κ2) is 13.1. The van der Waals surface area contributed by atoms with E-state index < -0.39 is 12.1 Å². The summed E-state index contributed by atoms with van der Waals surface area (Å²) in [6, 6.07) is 9.02. The number of carbonyl (C=O) groups is 2. The Balaban J connectivity index is 2.01. The standard InChI is InChI=1S/C19H32N4O3/c1-23(2)14-8-13-21-18(24)17(20)11-6-7-12-22-19(25)26-15-16-9-4-3-5-10-16/h3-5,9-10,17H,6-8,11-15,20H2,1-2H3,(H,21,24)(H,22,25). The van der Waals surface area contributed by atoms with Crippen molar-refractivity contribution in [2.75, 3.05) is 33.7 Å². The number of nitrogens with two attached hydrogens (primary N) is 1. The summed E-state index contributed by atoms with van der Waals surface area (Å²) in [6.07, 6.45) is 2.59. The molecule has 1 aromatic rings. The lowest BCUT2D eigenvalue weighted by atomic mass is 10.1. The van der Waals surface area contributed by atoms with Gasteiger partial charge in [0.25, 0.3) is 0 Å². The minimum absolute atomic E-state index is 0.112. The Hall–Kier alpha value is -2.12. The topological polar surface area (TPSA) is 96.7 Å². The maximum atomic E-state index is 11.8. The van der Waals surface area contributed by atoms with Gasteiger partial charge < -0.3 is 26.0 Å². The van der Waals surface area contributed by atoms with E-state index in [-0.39, 0.29) is 12.5 Å². The van der Waals surface area contributed by atoms with E-state index in [4.69, 9.17) is 10.5 Å². The first-order valence-corrected chi connectivity index (χ1v) is 9.11. The molecule has 0 heterocycles. The van der Waals surface area contributed by atoms with Gasteiger partial charge in [0.2, 0.25) is 5.91 Å². The van der Waals surface area contributed by atoms with Gasteiger partial charge in [-0.05, 0) is 51.9 Å². The third-order valence-corrected chi connectivity index (χ3v) is 3.84. The molecule has 0 fully saturated rings. The van der Waals surface area contributed by atoms with E-state index >= 15 is 0 Å². The number of carbonyl (C=O) groups excluding carboxylic acids is 2. The van der Waals surface area contributed by atoms with Crippen molar-refractivity contribution in [1.82, 2.24) is 15.5 Å². The summed E-state index contributed by atoms with van der Waals surface area (Å²) in [5.41, 5.74) is 6.83. The van der Waals surface area contributed by atoms with Crippen LogP contribution in [-0.4, -0.2) is 56.7 Å². The molecule has 4 N–H and O–H groups in total. The van der Waals surface area contributed by atoms with E-state index in [9.17, 15) is 9.59 Å². The lowest BCUT2D eigenvalue weighted by Gasteiger charge is -2.13. The second-order valence-corrected chi connectivity index (χ2v) is 6.54. The molecule has 0 saturated carbocycles. The average Bonchev–Trinajstić information content (AvgIpc) is 2.63. The molecule has 1 unspecified atom stereocenters. The first-order chi connectivity index (χ1) is 12.5. The van der Waals surface area contributed by atoms with Gasteiger partial charge in [-0.25, -0.2) is 4.79 Å². The number of benzene rings is 1. The Morgan fingerprint density at radius 1 is 1.08 bits per heavy atom. The number of nitrogens with one attached hydrogen (secondary N) is 2. The summed E-state index contributed by atoms with van der Waals surface area (Å²) in [5, 5.41) is 5.55. The molecule has 2 amide bonds. The van der Waals surface area contributed by atoms with Gasteiger partial charge in [-0.1, -0.05) is 30.3 Å². The molecule has 0 aliphatic rings. The Labute approximate surface area is 156 Å². The van der Waals surface area contributed by atoms with Gasteiger partial charge in [0, 0.05) is 13.1 Å². The largest absolute Gasteiger partial charge is 0.445 e. The molecule has 0 aliphatic carbocycles. The Morgan fingerprint density at radius 2 is 1.77 bits per heavy atom. The zero-order chi connectivity index (χ0) is 19.2. The van der Waals surface area contributed by atoms with Crippen LogP contribution >= 0.6 is 0 Å². The summed E-state index contributed by atoms with van der Waals surface area (Å²) in [7, 11) is 4.00. The van der Waals surface area contributed by atoms with Gasteiger partial charge in [-0.3, -0.25) is 4.79 Å². The molecule has 26 heavy (non-hydrogen) atoms. The minimum atomic E-state index is -0.501. The van der Waals surface area contributed by atoms with Crippen molar-refractivity contribution in [3.63, 3.8) is 0 Å². The van der Waals surface area contributed by atoms with Crippen LogP contribution in [0.1, 0.15) is 31.2 Å². The van der Waals surface area contributed by atoms with Crippen molar-refractivity contribution in [3.05, 3.63) is 35.9 Å². The second-order valence-electron chi connectivity index (χ2n) is 6.54. The predicted molar refractivity (Wildman–Crippen MR) is 103 cm³/mol. The van der Waals surface area contributed by atoms with Crippen LogP contribution in [0.2, 0.25) is 0 Å². The highest BCUT2D eigenvalue weighted by Gasteiger charge is 2.12. The fourth-order valence-electron chi connectivity index (χ4n) is 2.32. The normalized spacial score (nSPS) is 11.8. The van der Waals surface area contributed by atoms with E-state index in [2.05, 4.69) is 15.5 Å². The number of alkyl carbamates (subject to hydrolysis) is 1. The van der Waals surface area contributed by atoms with Crippen LogP contribution in [0.15, 0.2) is 30.3 Å². The summed E-state index contributed by atoms with van der Waals surface area (Å²) in [6.45, 7) is 2.33. The predicted octanol–water partition coefficient (Wildman–Crippen LogP) is 1.48. The molecular weight excluding hydrogens is 332 g/mol. The first kappa shape index (κ1) is 21.9. The molecule has 0 radical (unpaired) electrons. The Kier molecular flexibility index (Phi) is 11.1. The maximum Gasteiger partial charge on any atom is 0.407 e. The number of rotatable bonds is 12. The molecule has 146 valence electrons. The van der Waals surface area contributed by atoms with Gasteiger partial charge in [0.1, 0.15) is 6.61 Å². The number of ether oxygens (including phenoxy) is 1. The highest BCUT2D eigenvalue weighted by Crippen LogP contribution is 2.01. The molecule has 7 nitrogen and oxygen atoms in total. The molecule has 1 aromatic carbocycles. The highest BCUT2D eigenvalue weighted by atomic mass is 16.5. The van der Waals surface area contributed by atoms with E-state index in [1.54, 1.807) is 0 Å². The molecule has 1 atom stereocenters. The zero-order valence-electron chi connectivity index (χ0n) is 15.9. The molecule has 1 rings (SSSR count). The van der Waals surface area contributed by atoms with Gasteiger partial charge in [0.05, 0.1) is 6.04 Å². The molecule has 0 saturated heterocycles. The first-order valence-electron chi connectivity index (χ1n) is 9.11. The van der Waals surface area contributed by atoms with Crippen molar-refractivity contribution in [2.24, 2.45) is 5.73 Å². The zero-order valence-corrected chi connectivity index (χ0v) is 15.9. The van der Waals surface area contributed by atoms with Gasteiger partial charge >= 0.3 is 6.09 Å². The van der Waals surface area contributed by atoms with Crippen LogP contribution in [0, 0.1) is 0 Å². The quantitative estimate of drug-likeness (QED) is 0.488. The fourth-order valence-corrected chi connectivity index (χ4v) is 2.32. The van der Waals surface area contributed by atoms with Crippen molar-refractivity contribution >= 4 is 12.0 Å². The summed E-state index contributed by atoms with van der Waals surface area (Å²) >= 11 is 0. The van der Waals surface area contributed by atoms with Crippen LogP contribution in [0.5, 0.6) is 0 Å². The third-order valence-electron chi connectivity index (χ3n) is 3.84. The van der Waals surface area contributed by atoms with Crippen molar-refractivity contribution in [3.8, 4) is 0 Å². The molecule has 0 aliphatic heterocycles. The molecule has 7 heteroatoms. The van der Waals surface area contributed by atoms with Crippen molar-refractivity contribution in [2.45, 2.75) is 38.3 Å².